The highest BCUT2D eigenvalue weighted by molar-refractivity contribution is 8.05. The molecule has 0 N–H and O–H groups in total. The second kappa shape index (κ2) is 12.6. The number of rotatable bonds is 3. The van der Waals surface area contributed by atoms with E-state index in [0.29, 0.717) is 0 Å². The Hall–Kier alpha value is -6.92. The summed E-state index contributed by atoms with van der Waals surface area (Å²) in [6.07, 6.45) is 0. The lowest BCUT2D eigenvalue weighted by atomic mass is 9.81. The molecule has 0 unspecified atom stereocenters. The molecule has 62 heavy (non-hydrogen) atoms. The van der Waals surface area contributed by atoms with E-state index in [-0.39, 0.29) is 5.41 Å². The lowest BCUT2D eigenvalue weighted by Gasteiger charge is -2.24. The van der Waals surface area contributed by atoms with Gasteiger partial charge in [-0.25, -0.2) is 0 Å². The first kappa shape index (κ1) is 34.8. The van der Waals surface area contributed by atoms with Crippen molar-refractivity contribution >= 4 is 88.9 Å². The molecule has 2 aliphatic rings. The zero-order valence-corrected chi connectivity index (χ0v) is 35.7. The number of fused-ring (bicyclic) bond motifs is 16. The maximum absolute atomic E-state index is 2.63. The maximum Gasteiger partial charge on any atom is 0.0692 e. The van der Waals surface area contributed by atoms with Gasteiger partial charge in [-0.3, -0.25) is 0 Å². The van der Waals surface area contributed by atoms with Crippen molar-refractivity contribution < 1.29 is 0 Å². The van der Waals surface area contributed by atoms with Crippen LogP contribution in [0, 0.1) is 0 Å². The van der Waals surface area contributed by atoms with Gasteiger partial charge in [-0.2, -0.15) is 0 Å². The van der Waals surface area contributed by atoms with Crippen LogP contribution in [-0.4, -0.2) is 13.7 Å². The minimum Gasteiger partial charge on any atom is -0.309 e. The third-order valence-electron chi connectivity index (χ3n) is 13.7. The van der Waals surface area contributed by atoms with Crippen LogP contribution < -0.4 is 0 Å². The molecule has 292 valence electrons. The van der Waals surface area contributed by atoms with E-state index in [0.717, 1.165) is 5.69 Å². The highest BCUT2D eigenvalue weighted by Crippen LogP contribution is 2.56. The van der Waals surface area contributed by atoms with Crippen LogP contribution in [0.1, 0.15) is 25.0 Å². The van der Waals surface area contributed by atoms with Crippen molar-refractivity contribution in [1.82, 2.24) is 13.7 Å². The van der Waals surface area contributed by atoms with Gasteiger partial charge in [-0.05, 0) is 101 Å². The van der Waals surface area contributed by atoms with E-state index in [2.05, 4.69) is 216 Å². The molecule has 4 heterocycles. The first-order valence-electron chi connectivity index (χ1n) is 21.3. The summed E-state index contributed by atoms with van der Waals surface area (Å²) < 4.78 is 7.49. The van der Waals surface area contributed by atoms with Crippen molar-refractivity contribution in [2.75, 3.05) is 0 Å². The lowest BCUT2D eigenvalue weighted by Crippen LogP contribution is -2.16. The van der Waals surface area contributed by atoms with Gasteiger partial charge < -0.3 is 13.7 Å². The Balaban J connectivity index is 1.05. The fraction of sp³-hybridized carbons (Fsp3) is 0.0526. The predicted molar refractivity (Wildman–Crippen MR) is 262 cm³/mol. The molecule has 9 aromatic carbocycles. The van der Waals surface area contributed by atoms with Crippen molar-refractivity contribution in [2.45, 2.75) is 38.8 Å². The molecule has 0 bridgehead atoms. The van der Waals surface area contributed by atoms with Gasteiger partial charge in [-0.15, -0.1) is 0 Å². The fourth-order valence-corrected chi connectivity index (χ4v) is 13.4. The molecule has 3 nitrogen and oxygen atoms in total. The number of hydrogen-bond donors (Lipinski definition) is 0. The van der Waals surface area contributed by atoms with Crippen molar-refractivity contribution in [1.29, 1.82) is 0 Å². The van der Waals surface area contributed by atoms with Crippen LogP contribution in [-0.2, 0) is 5.41 Å². The molecule has 0 radical (unpaired) electrons. The number of benzene rings is 9. The molecule has 0 saturated carbocycles. The van der Waals surface area contributed by atoms with Crippen molar-refractivity contribution in [3.8, 4) is 28.2 Å². The van der Waals surface area contributed by atoms with Crippen molar-refractivity contribution in [3.05, 3.63) is 199 Å². The fourth-order valence-electron chi connectivity index (χ4n) is 11.0. The Morgan fingerprint density at radius 3 is 1.63 bits per heavy atom. The van der Waals surface area contributed by atoms with Gasteiger partial charge >= 0.3 is 0 Å². The number of aromatic nitrogens is 3. The average Bonchev–Trinajstić information content (AvgIpc) is 4.01. The SMILES string of the molecule is CC1(C)c2ccccc2-c2ccc3c4ccc5c(c4n(-c4ccc6c(c4)c4ccccc4n6-c4ccc6c(c4)c4ccccc4n6-c4ccccc4)c3c21)Sc1ccccc1S5. The van der Waals surface area contributed by atoms with E-state index >= 15 is 0 Å². The quantitative estimate of drug-likeness (QED) is 0.176. The molecule has 0 amide bonds. The Morgan fingerprint density at radius 2 is 0.903 bits per heavy atom. The van der Waals surface area contributed by atoms with E-state index in [1.807, 2.05) is 23.5 Å². The van der Waals surface area contributed by atoms with Gasteiger partial charge in [-0.1, -0.05) is 147 Å². The summed E-state index contributed by atoms with van der Waals surface area (Å²) in [5, 5.41) is 7.59. The van der Waals surface area contributed by atoms with Gasteiger partial charge in [0.2, 0.25) is 0 Å². The summed E-state index contributed by atoms with van der Waals surface area (Å²) in [5.74, 6) is 0. The Kier molecular flexibility index (Phi) is 7.05. The van der Waals surface area contributed by atoms with E-state index in [1.54, 1.807) is 0 Å². The summed E-state index contributed by atoms with van der Waals surface area (Å²) in [5.41, 5.74) is 16.2. The molecule has 3 aromatic heterocycles. The summed E-state index contributed by atoms with van der Waals surface area (Å²) in [6, 6.07) is 70.1. The number of nitrogens with zero attached hydrogens (tertiary/aromatic N) is 3. The topological polar surface area (TPSA) is 14.8 Å². The van der Waals surface area contributed by atoms with Gasteiger partial charge in [0.15, 0.2) is 0 Å². The molecule has 0 saturated heterocycles. The molecule has 0 fully saturated rings. The molecular weight excluding hydrogens is 791 g/mol. The van der Waals surface area contributed by atoms with E-state index in [4.69, 9.17) is 0 Å². The van der Waals surface area contributed by atoms with Crippen molar-refractivity contribution in [3.63, 3.8) is 0 Å². The Bertz CT molecular complexity index is 3900. The van der Waals surface area contributed by atoms with E-state index in [9.17, 15) is 0 Å². The molecule has 0 atom stereocenters. The Morgan fingerprint density at radius 1 is 0.355 bits per heavy atom. The summed E-state index contributed by atoms with van der Waals surface area (Å²) in [6.45, 7) is 4.83. The van der Waals surface area contributed by atoms with Crippen LogP contribution in [0.4, 0.5) is 0 Å². The highest BCUT2D eigenvalue weighted by Gasteiger charge is 2.39. The second-order valence-electron chi connectivity index (χ2n) is 17.3. The maximum atomic E-state index is 2.63. The van der Waals surface area contributed by atoms with Crippen LogP contribution in [0.2, 0.25) is 0 Å². The largest absolute Gasteiger partial charge is 0.309 e. The molecule has 0 spiro atoms. The van der Waals surface area contributed by atoms with Crippen molar-refractivity contribution in [2.24, 2.45) is 0 Å². The average molecular weight is 828 g/mol. The molecule has 1 aliphatic carbocycles. The first-order chi connectivity index (χ1) is 30.5. The first-order valence-corrected chi connectivity index (χ1v) is 23.0. The van der Waals surface area contributed by atoms with Gasteiger partial charge in [0.25, 0.3) is 0 Å². The number of para-hydroxylation sites is 3. The second-order valence-corrected chi connectivity index (χ2v) is 19.4. The summed E-state index contributed by atoms with van der Waals surface area (Å²) >= 11 is 3.81. The minimum atomic E-state index is -0.186. The van der Waals surface area contributed by atoms with E-state index in [1.165, 1.54) is 119 Å². The predicted octanol–water partition coefficient (Wildman–Crippen LogP) is 15.9. The third-order valence-corrected chi connectivity index (χ3v) is 16.2. The molecule has 14 rings (SSSR count). The molecule has 1 aliphatic heterocycles. The summed E-state index contributed by atoms with van der Waals surface area (Å²) in [7, 11) is 0. The zero-order chi connectivity index (χ0) is 40.8. The van der Waals surface area contributed by atoms with E-state index < -0.39 is 0 Å². The molecule has 12 aromatic rings. The van der Waals surface area contributed by atoms with Gasteiger partial charge in [0.05, 0.1) is 38.0 Å². The Labute approximate surface area is 366 Å². The van der Waals surface area contributed by atoms with Crippen LogP contribution in [0.5, 0.6) is 0 Å². The normalized spacial score (nSPS) is 14.0. The smallest absolute Gasteiger partial charge is 0.0692 e. The van der Waals surface area contributed by atoms with Crippen LogP contribution in [0.15, 0.2) is 208 Å². The standard InChI is InChI=1S/C57H37N3S2/c1-57(2)45-19-9-6-16-37(45)40-26-27-41-42-28-31-52-56(62-51-23-13-12-22-50(51)61-52)55(42)60(54(41)53(40)57)36-25-30-49-44(33-36)39-18-8-11-21-47(39)59(49)35-24-29-48-43(32-35)38-17-7-10-20-46(38)58(48)34-14-4-3-5-15-34/h3-33H,1-2H3. The minimum absolute atomic E-state index is 0.186. The zero-order valence-electron chi connectivity index (χ0n) is 34.1. The van der Waals surface area contributed by atoms with Crippen LogP contribution >= 0.6 is 23.5 Å². The summed E-state index contributed by atoms with van der Waals surface area (Å²) in [4.78, 5) is 5.28. The monoisotopic (exact) mass is 827 g/mol. The molecular formula is C57H37N3S2. The number of hydrogen-bond acceptors (Lipinski definition) is 2. The van der Waals surface area contributed by atoms with Gasteiger partial charge in [0, 0.05) is 69.5 Å². The van der Waals surface area contributed by atoms with Crippen LogP contribution in [0.3, 0.4) is 0 Å². The molecule has 5 heteroatoms. The lowest BCUT2D eigenvalue weighted by molar-refractivity contribution is 0.664. The third kappa shape index (κ3) is 4.59. The highest BCUT2D eigenvalue weighted by atomic mass is 32.2. The van der Waals surface area contributed by atoms with Crippen LogP contribution in [0.25, 0.3) is 93.6 Å². The van der Waals surface area contributed by atoms with Gasteiger partial charge in [0.1, 0.15) is 0 Å².